The topological polar surface area (TPSA) is 28.2 Å². The van der Waals surface area contributed by atoms with E-state index in [4.69, 9.17) is 0 Å². The Morgan fingerprint density at radius 2 is 1.75 bits per heavy atom. The third kappa shape index (κ3) is 3.32. The molecular weight excluding hydrogens is 246 g/mol. The summed E-state index contributed by atoms with van der Waals surface area (Å²) in [5, 5.41) is 3.94. The van der Waals surface area contributed by atoms with Crippen LogP contribution in [0.25, 0.3) is 0 Å². The Kier molecular flexibility index (Phi) is 4.56. The Morgan fingerprint density at radius 1 is 1.05 bits per heavy atom. The van der Waals surface area contributed by atoms with Gasteiger partial charge < -0.3 is 10.2 Å². The molecule has 0 spiro atoms. The van der Waals surface area contributed by atoms with Crippen LogP contribution < -0.4 is 10.2 Å². The molecule has 2 fully saturated rings. The van der Waals surface area contributed by atoms with Crippen LogP contribution in [0.5, 0.6) is 0 Å². The van der Waals surface area contributed by atoms with Gasteiger partial charge in [-0.1, -0.05) is 19.8 Å². The summed E-state index contributed by atoms with van der Waals surface area (Å²) >= 11 is 0. The van der Waals surface area contributed by atoms with Gasteiger partial charge in [-0.05, 0) is 43.7 Å². The number of nitrogens with zero attached hydrogens (tertiary/aromatic N) is 2. The Bertz CT molecular complexity index is 398. The van der Waals surface area contributed by atoms with Gasteiger partial charge in [0.1, 0.15) is 0 Å². The van der Waals surface area contributed by atoms with E-state index in [1.165, 1.54) is 57.3 Å². The van der Waals surface area contributed by atoms with Crippen molar-refractivity contribution in [2.45, 2.75) is 57.5 Å². The second kappa shape index (κ2) is 6.57. The standard InChI is InChI=1S/C17H27N3/c1-14-4-2-3-5-17(14)19-15-8-12-20(13-9-15)16-6-10-18-11-7-16/h6-7,10-11,14-15,17,19H,2-5,8-9,12-13H2,1H3. The Morgan fingerprint density at radius 3 is 2.45 bits per heavy atom. The van der Waals surface area contributed by atoms with Crippen LogP contribution in [0.1, 0.15) is 45.4 Å². The predicted octanol–water partition coefficient (Wildman–Crippen LogP) is 3.22. The molecule has 3 nitrogen and oxygen atoms in total. The predicted molar refractivity (Wildman–Crippen MR) is 84.0 cm³/mol. The molecule has 2 atom stereocenters. The number of aromatic nitrogens is 1. The number of rotatable bonds is 3. The molecule has 2 heterocycles. The monoisotopic (exact) mass is 273 g/mol. The van der Waals surface area contributed by atoms with Crippen molar-refractivity contribution in [2.75, 3.05) is 18.0 Å². The molecule has 1 aromatic heterocycles. The lowest BCUT2D eigenvalue weighted by Crippen LogP contribution is -2.48. The lowest BCUT2D eigenvalue weighted by molar-refractivity contribution is 0.243. The maximum absolute atomic E-state index is 4.10. The van der Waals surface area contributed by atoms with Gasteiger partial charge in [0.25, 0.3) is 0 Å². The Balaban J connectivity index is 1.49. The van der Waals surface area contributed by atoms with Crippen LogP contribution in [-0.4, -0.2) is 30.2 Å². The second-order valence-electron chi connectivity index (χ2n) is 6.50. The van der Waals surface area contributed by atoms with E-state index >= 15 is 0 Å². The number of pyridine rings is 1. The summed E-state index contributed by atoms with van der Waals surface area (Å²) in [6.07, 6.45) is 12.0. The van der Waals surface area contributed by atoms with Gasteiger partial charge in [-0.3, -0.25) is 4.98 Å². The molecule has 1 saturated heterocycles. The van der Waals surface area contributed by atoms with E-state index < -0.39 is 0 Å². The molecule has 0 bridgehead atoms. The van der Waals surface area contributed by atoms with Crippen molar-refractivity contribution < 1.29 is 0 Å². The smallest absolute Gasteiger partial charge is 0.0397 e. The Labute approximate surface area is 122 Å². The van der Waals surface area contributed by atoms with E-state index in [-0.39, 0.29) is 0 Å². The normalized spacial score (nSPS) is 28.6. The quantitative estimate of drug-likeness (QED) is 0.916. The molecule has 1 N–H and O–H groups in total. The zero-order chi connectivity index (χ0) is 13.8. The summed E-state index contributed by atoms with van der Waals surface area (Å²) in [6.45, 7) is 4.76. The number of hydrogen-bond donors (Lipinski definition) is 1. The van der Waals surface area contributed by atoms with Crippen molar-refractivity contribution in [1.29, 1.82) is 0 Å². The largest absolute Gasteiger partial charge is 0.371 e. The highest BCUT2D eigenvalue weighted by Gasteiger charge is 2.26. The maximum atomic E-state index is 4.10. The molecular formula is C17H27N3. The second-order valence-corrected chi connectivity index (χ2v) is 6.50. The summed E-state index contributed by atoms with van der Waals surface area (Å²) in [6, 6.07) is 5.73. The molecule has 1 aliphatic heterocycles. The third-order valence-electron chi connectivity index (χ3n) is 5.08. The maximum Gasteiger partial charge on any atom is 0.0397 e. The average molecular weight is 273 g/mol. The van der Waals surface area contributed by atoms with Crippen LogP contribution in [0.3, 0.4) is 0 Å². The van der Waals surface area contributed by atoms with E-state index in [0.717, 1.165) is 18.0 Å². The van der Waals surface area contributed by atoms with Crippen molar-refractivity contribution in [1.82, 2.24) is 10.3 Å². The molecule has 0 aromatic carbocycles. The summed E-state index contributed by atoms with van der Waals surface area (Å²) < 4.78 is 0. The van der Waals surface area contributed by atoms with Crippen molar-refractivity contribution in [3.05, 3.63) is 24.5 Å². The van der Waals surface area contributed by atoms with Gasteiger partial charge in [0.05, 0.1) is 0 Å². The molecule has 20 heavy (non-hydrogen) atoms. The molecule has 110 valence electrons. The first-order valence-electron chi connectivity index (χ1n) is 8.24. The van der Waals surface area contributed by atoms with Crippen LogP contribution in [0.15, 0.2) is 24.5 Å². The lowest BCUT2D eigenvalue weighted by atomic mass is 9.85. The highest BCUT2D eigenvalue weighted by Crippen LogP contribution is 2.26. The third-order valence-corrected chi connectivity index (χ3v) is 5.08. The first-order chi connectivity index (χ1) is 9.83. The van der Waals surface area contributed by atoms with E-state index in [0.29, 0.717) is 0 Å². The number of hydrogen-bond acceptors (Lipinski definition) is 3. The average Bonchev–Trinajstić information content (AvgIpc) is 2.51. The van der Waals surface area contributed by atoms with Gasteiger partial charge in [0.15, 0.2) is 0 Å². The molecule has 2 aliphatic rings. The van der Waals surface area contributed by atoms with E-state index in [9.17, 15) is 0 Å². The van der Waals surface area contributed by atoms with Crippen molar-refractivity contribution in [2.24, 2.45) is 5.92 Å². The van der Waals surface area contributed by atoms with Gasteiger partial charge in [0.2, 0.25) is 0 Å². The molecule has 0 radical (unpaired) electrons. The minimum absolute atomic E-state index is 0.721. The molecule has 3 heteroatoms. The fourth-order valence-electron chi connectivity index (χ4n) is 3.73. The van der Waals surface area contributed by atoms with Gasteiger partial charge >= 0.3 is 0 Å². The van der Waals surface area contributed by atoms with Crippen LogP contribution >= 0.6 is 0 Å². The van der Waals surface area contributed by atoms with Gasteiger partial charge in [-0.2, -0.15) is 0 Å². The first kappa shape index (κ1) is 13.9. The van der Waals surface area contributed by atoms with E-state index in [1.807, 2.05) is 12.4 Å². The molecule has 1 aliphatic carbocycles. The minimum atomic E-state index is 0.721. The summed E-state index contributed by atoms with van der Waals surface area (Å²) in [5.41, 5.74) is 1.32. The van der Waals surface area contributed by atoms with E-state index in [2.05, 4.69) is 34.3 Å². The zero-order valence-electron chi connectivity index (χ0n) is 12.6. The number of anilines is 1. The molecule has 0 amide bonds. The first-order valence-corrected chi connectivity index (χ1v) is 8.24. The van der Waals surface area contributed by atoms with Gasteiger partial charge in [-0.25, -0.2) is 0 Å². The zero-order valence-corrected chi connectivity index (χ0v) is 12.6. The minimum Gasteiger partial charge on any atom is -0.371 e. The summed E-state index contributed by atoms with van der Waals surface area (Å²) in [7, 11) is 0. The molecule has 3 rings (SSSR count). The fraction of sp³-hybridized carbons (Fsp3) is 0.706. The molecule has 1 saturated carbocycles. The van der Waals surface area contributed by atoms with Crippen molar-refractivity contribution in [3.8, 4) is 0 Å². The molecule has 1 aromatic rings. The van der Waals surface area contributed by atoms with Gasteiger partial charge in [0, 0.05) is 43.3 Å². The van der Waals surface area contributed by atoms with Crippen LogP contribution in [0.4, 0.5) is 5.69 Å². The summed E-state index contributed by atoms with van der Waals surface area (Å²) in [4.78, 5) is 6.59. The number of piperidine rings is 1. The van der Waals surface area contributed by atoms with Gasteiger partial charge in [-0.15, -0.1) is 0 Å². The highest BCUT2D eigenvalue weighted by molar-refractivity contribution is 5.44. The van der Waals surface area contributed by atoms with Crippen molar-refractivity contribution in [3.63, 3.8) is 0 Å². The van der Waals surface area contributed by atoms with E-state index in [1.54, 1.807) is 0 Å². The lowest BCUT2D eigenvalue weighted by Gasteiger charge is -2.38. The molecule has 2 unspecified atom stereocenters. The highest BCUT2D eigenvalue weighted by atomic mass is 15.2. The van der Waals surface area contributed by atoms with Crippen LogP contribution in [-0.2, 0) is 0 Å². The SMILES string of the molecule is CC1CCCCC1NC1CCN(c2ccncc2)CC1. The number of nitrogens with one attached hydrogen (secondary N) is 1. The van der Waals surface area contributed by atoms with Crippen molar-refractivity contribution >= 4 is 5.69 Å². The Hall–Kier alpha value is -1.09. The summed E-state index contributed by atoms with van der Waals surface area (Å²) in [5.74, 6) is 0.863. The fourth-order valence-corrected chi connectivity index (χ4v) is 3.73. The van der Waals surface area contributed by atoms with Crippen LogP contribution in [0, 0.1) is 5.92 Å². The van der Waals surface area contributed by atoms with Crippen LogP contribution in [0.2, 0.25) is 0 Å².